The van der Waals surface area contributed by atoms with Gasteiger partial charge in [0, 0.05) is 24.0 Å². The van der Waals surface area contributed by atoms with E-state index < -0.39 is 0 Å². The number of hydrogen-bond donors (Lipinski definition) is 1. The summed E-state index contributed by atoms with van der Waals surface area (Å²) in [5.41, 5.74) is 4.34. The third kappa shape index (κ3) is 3.81. The lowest BCUT2D eigenvalue weighted by atomic mass is 10.0. The third-order valence-corrected chi connectivity index (χ3v) is 6.18. The number of likely N-dealkylation sites (tertiary alicyclic amines) is 1. The molecule has 1 aliphatic carbocycles. The van der Waals surface area contributed by atoms with E-state index in [1.54, 1.807) is 7.11 Å². The van der Waals surface area contributed by atoms with Gasteiger partial charge in [-0.25, -0.2) is 0 Å². The van der Waals surface area contributed by atoms with Crippen LogP contribution in [-0.2, 0) is 0 Å². The third-order valence-electron chi connectivity index (χ3n) is 6.18. The highest BCUT2D eigenvalue weighted by atomic mass is 16.5. The van der Waals surface area contributed by atoms with Crippen LogP contribution in [0.15, 0.2) is 30.3 Å². The van der Waals surface area contributed by atoms with Crippen LogP contribution in [0.25, 0.3) is 0 Å². The number of rotatable bonds is 7. The van der Waals surface area contributed by atoms with Crippen LogP contribution in [0, 0.1) is 13.8 Å². The van der Waals surface area contributed by atoms with Crippen molar-refractivity contribution in [2.75, 3.05) is 26.7 Å². The number of nitrogens with zero attached hydrogens (tertiary/aromatic N) is 2. The van der Waals surface area contributed by atoms with Crippen molar-refractivity contribution in [3.05, 3.63) is 52.8 Å². The number of nitrogens with one attached hydrogen (secondary N) is 1. The molecule has 2 aliphatic rings. The van der Waals surface area contributed by atoms with Crippen LogP contribution in [0.5, 0.6) is 5.75 Å². The SMILES string of the molecule is COc1ccc(C(CNC(=O)c2cc(C)n(C3CC3)c2C)N2CCCC2)cc1. The van der Waals surface area contributed by atoms with E-state index in [4.69, 9.17) is 4.74 Å². The number of carbonyl (C=O) groups is 1. The molecule has 2 fully saturated rings. The molecule has 1 atom stereocenters. The van der Waals surface area contributed by atoms with Crippen molar-refractivity contribution in [1.82, 2.24) is 14.8 Å². The van der Waals surface area contributed by atoms with Crippen molar-refractivity contribution in [3.8, 4) is 5.75 Å². The summed E-state index contributed by atoms with van der Waals surface area (Å²) in [6, 6.07) is 11.1. The van der Waals surface area contributed by atoms with E-state index in [1.165, 1.54) is 36.9 Å². The van der Waals surface area contributed by atoms with E-state index >= 15 is 0 Å². The molecule has 0 bridgehead atoms. The molecule has 4 rings (SSSR count). The molecule has 1 unspecified atom stereocenters. The summed E-state index contributed by atoms with van der Waals surface area (Å²) < 4.78 is 7.63. The largest absolute Gasteiger partial charge is 0.497 e. The van der Waals surface area contributed by atoms with E-state index in [2.05, 4.69) is 40.8 Å². The topological polar surface area (TPSA) is 46.5 Å². The Bertz CT molecular complexity index is 830. The molecule has 1 N–H and O–H groups in total. The van der Waals surface area contributed by atoms with Gasteiger partial charge in [-0.05, 0) is 76.4 Å². The van der Waals surface area contributed by atoms with Gasteiger partial charge in [0.05, 0.1) is 18.7 Å². The maximum absolute atomic E-state index is 13.0. The molecule has 1 amide bonds. The maximum Gasteiger partial charge on any atom is 0.253 e. The van der Waals surface area contributed by atoms with Gasteiger partial charge >= 0.3 is 0 Å². The zero-order valence-electron chi connectivity index (χ0n) is 17.2. The summed E-state index contributed by atoms with van der Waals surface area (Å²) in [6.45, 7) is 6.97. The van der Waals surface area contributed by atoms with E-state index in [1.807, 2.05) is 18.2 Å². The number of benzene rings is 1. The minimum Gasteiger partial charge on any atom is -0.497 e. The maximum atomic E-state index is 13.0. The second-order valence-electron chi connectivity index (χ2n) is 8.13. The zero-order valence-corrected chi connectivity index (χ0v) is 17.2. The average molecular weight is 382 g/mol. The van der Waals surface area contributed by atoms with E-state index in [0.29, 0.717) is 12.6 Å². The minimum atomic E-state index is 0.0395. The standard InChI is InChI=1S/C23H31N3O2/c1-16-14-21(17(2)26(16)19-8-9-19)23(27)24-15-22(25-12-4-5-13-25)18-6-10-20(28-3)11-7-18/h6-7,10-11,14,19,22H,4-5,8-9,12-13,15H2,1-3H3,(H,24,27). The first-order valence-corrected chi connectivity index (χ1v) is 10.4. The fraction of sp³-hybridized carbons (Fsp3) is 0.522. The smallest absolute Gasteiger partial charge is 0.253 e. The summed E-state index contributed by atoms with van der Waals surface area (Å²) >= 11 is 0. The van der Waals surface area contributed by atoms with Crippen LogP contribution >= 0.6 is 0 Å². The molecule has 1 aromatic heterocycles. The van der Waals surface area contributed by atoms with Crippen LogP contribution in [0.4, 0.5) is 0 Å². The van der Waals surface area contributed by atoms with Crippen LogP contribution < -0.4 is 10.1 Å². The molecule has 2 heterocycles. The van der Waals surface area contributed by atoms with Gasteiger partial charge in [0.2, 0.25) is 0 Å². The van der Waals surface area contributed by atoms with Crippen molar-refractivity contribution in [2.45, 2.75) is 51.6 Å². The first-order chi connectivity index (χ1) is 13.6. The quantitative estimate of drug-likeness (QED) is 0.788. The van der Waals surface area contributed by atoms with Gasteiger partial charge in [0.15, 0.2) is 0 Å². The lowest BCUT2D eigenvalue weighted by molar-refractivity contribution is 0.0937. The summed E-state index contributed by atoms with van der Waals surface area (Å²) in [4.78, 5) is 15.4. The van der Waals surface area contributed by atoms with Gasteiger partial charge in [0.25, 0.3) is 5.91 Å². The predicted octanol–water partition coefficient (Wildman–Crippen LogP) is 4.02. The first kappa shape index (κ1) is 19.1. The average Bonchev–Trinajstić information content (AvgIpc) is 3.29. The van der Waals surface area contributed by atoms with Crippen molar-refractivity contribution in [2.24, 2.45) is 0 Å². The van der Waals surface area contributed by atoms with Crippen LogP contribution in [0.3, 0.4) is 0 Å². The van der Waals surface area contributed by atoms with Crippen LogP contribution in [0.2, 0.25) is 0 Å². The van der Waals surface area contributed by atoms with Crippen LogP contribution in [-0.4, -0.2) is 42.1 Å². The van der Waals surface area contributed by atoms with Crippen molar-refractivity contribution >= 4 is 5.91 Å². The Kier molecular flexibility index (Phi) is 5.44. The Labute approximate surface area is 167 Å². The second kappa shape index (κ2) is 8.00. The second-order valence-corrected chi connectivity index (χ2v) is 8.13. The Morgan fingerprint density at radius 2 is 1.86 bits per heavy atom. The minimum absolute atomic E-state index is 0.0395. The van der Waals surface area contributed by atoms with Crippen LogP contribution in [0.1, 0.15) is 65.1 Å². The molecular formula is C23H31N3O2. The fourth-order valence-corrected chi connectivity index (χ4v) is 4.52. The Morgan fingerprint density at radius 3 is 2.46 bits per heavy atom. The van der Waals surface area contributed by atoms with Crippen molar-refractivity contribution in [1.29, 1.82) is 0 Å². The lowest BCUT2D eigenvalue weighted by Gasteiger charge is -2.28. The highest BCUT2D eigenvalue weighted by molar-refractivity contribution is 5.95. The van der Waals surface area contributed by atoms with Gasteiger partial charge in [-0.15, -0.1) is 0 Å². The zero-order chi connectivity index (χ0) is 19.7. The van der Waals surface area contributed by atoms with Gasteiger partial charge < -0.3 is 14.6 Å². The predicted molar refractivity (Wildman–Crippen MR) is 111 cm³/mol. The van der Waals surface area contributed by atoms with E-state index in [-0.39, 0.29) is 11.9 Å². The molecule has 1 aromatic carbocycles. The molecule has 150 valence electrons. The summed E-state index contributed by atoms with van der Waals surface area (Å²) in [5.74, 6) is 0.901. The van der Waals surface area contributed by atoms with Gasteiger partial charge in [-0.1, -0.05) is 12.1 Å². The first-order valence-electron chi connectivity index (χ1n) is 10.4. The molecule has 1 saturated carbocycles. The summed E-state index contributed by atoms with van der Waals surface area (Å²) in [5, 5.41) is 3.22. The normalized spacial score (nSPS) is 18.2. The monoisotopic (exact) mass is 381 g/mol. The number of amides is 1. The summed E-state index contributed by atoms with van der Waals surface area (Å²) in [7, 11) is 1.69. The number of aryl methyl sites for hydroxylation is 1. The molecule has 5 nitrogen and oxygen atoms in total. The molecular weight excluding hydrogens is 350 g/mol. The summed E-state index contributed by atoms with van der Waals surface area (Å²) in [6.07, 6.45) is 4.91. The number of methoxy groups -OCH3 is 1. The molecule has 2 aromatic rings. The Balaban J connectivity index is 1.49. The number of hydrogen-bond acceptors (Lipinski definition) is 3. The number of ether oxygens (including phenoxy) is 1. The molecule has 5 heteroatoms. The molecule has 0 radical (unpaired) electrons. The highest BCUT2D eigenvalue weighted by Crippen LogP contribution is 2.38. The van der Waals surface area contributed by atoms with Crippen molar-refractivity contribution < 1.29 is 9.53 Å². The van der Waals surface area contributed by atoms with Gasteiger partial charge in [-0.3, -0.25) is 9.69 Å². The molecule has 28 heavy (non-hydrogen) atoms. The molecule has 1 aliphatic heterocycles. The molecule has 0 spiro atoms. The Morgan fingerprint density at radius 1 is 1.18 bits per heavy atom. The van der Waals surface area contributed by atoms with E-state index in [0.717, 1.165) is 30.1 Å². The van der Waals surface area contributed by atoms with Gasteiger partial charge in [-0.2, -0.15) is 0 Å². The lowest BCUT2D eigenvalue weighted by Crippen LogP contribution is -2.37. The highest BCUT2D eigenvalue weighted by Gasteiger charge is 2.29. The number of carbonyl (C=O) groups excluding carboxylic acids is 1. The molecule has 1 saturated heterocycles. The Hall–Kier alpha value is -2.27. The van der Waals surface area contributed by atoms with Crippen molar-refractivity contribution in [3.63, 3.8) is 0 Å². The fourth-order valence-electron chi connectivity index (χ4n) is 4.52. The van der Waals surface area contributed by atoms with Gasteiger partial charge in [0.1, 0.15) is 5.75 Å². The number of aromatic nitrogens is 1. The van der Waals surface area contributed by atoms with E-state index in [9.17, 15) is 4.79 Å².